The average molecular weight is 523 g/mol. The highest BCUT2D eigenvalue weighted by molar-refractivity contribution is 5.96. The van der Waals surface area contributed by atoms with Gasteiger partial charge in [-0.2, -0.15) is 0 Å². The standard InChI is InChI=1S/C26H34O11/c1-13(27)35-11-25-19(17(30)10-18(37-15(3)29)26(25,33)12-36-14(2)28)23(4)8-6-16-7-9-34-22(16)24(23,5)20(31)21(25)32/h7,9,17-19,21,30,32-33H,6,8,10-12H2,1-5H3/t17-,18-,19-,21+,23-,24-,25+,26-/m1/s1. The molecule has 0 amide bonds. The number of aryl methyl sites for hydroxylation is 1. The van der Waals surface area contributed by atoms with Gasteiger partial charge in [-0.15, -0.1) is 0 Å². The summed E-state index contributed by atoms with van der Waals surface area (Å²) < 4.78 is 21.7. The normalized spacial score (nSPS) is 40.6. The van der Waals surface area contributed by atoms with Gasteiger partial charge in [0.2, 0.25) is 0 Å². The first-order valence-corrected chi connectivity index (χ1v) is 12.3. The second-order valence-electron chi connectivity index (χ2n) is 11.0. The van der Waals surface area contributed by atoms with Crippen LogP contribution in [0.3, 0.4) is 0 Å². The first kappa shape index (κ1) is 27.3. The molecular formula is C26H34O11. The zero-order valence-corrected chi connectivity index (χ0v) is 21.6. The minimum absolute atomic E-state index is 0.276. The monoisotopic (exact) mass is 522 g/mol. The number of furan rings is 1. The average Bonchev–Trinajstić information content (AvgIpc) is 3.29. The SMILES string of the molecule is CC(=O)OC[C@@]12[C@@H](O)C(=O)[C@]3(C)c4occc4CC[C@]3(C)[C@H]1[C@H](O)C[C@@H](OC(C)=O)[C@]2(O)COC(C)=O. The van der Waals surface area contributed by atoms with Crippen LogP contribution in [0, 0.1) is 16.7 Å². The molecule has 0 aromatic carbocycles. The number of carbonyl (C=O) groups is 4. The molecule has 204 valence electrons. The quantitative estimate of drug-likeness (QED) is 0.365. The summed E-state index contributed by atoms with van der Waals surface area (Å²) in [6.45, 7) is 5.26. The Bertz CT molecular complexity index is 1130. The van der Waals surface area contributed by atoms with E-state index in [9.17, 15) is 34.5 Å². The van der Waals surface area contributed by atoms with Crippen molar-refractivity contribution in [3.63, 3.8) is 0 Å². The third-order valence-electron chi connectivity index (χ3n) is 9.22. The van der Waals surface area contributed by atoms with Gasteiger partial charge in [-0.25, -0.2) is 0 Å². The summed E-state index contributed by atoms with van der Waals surface area (Å²) in [5.74, 6) is -3.77. The molecule has 0 unspecified atom stereocenters. The van der Waals surface area contributed by atoms with Gasteiger partial charge in [0.1, 0.15) is 36.8 Å². The fraction of sp³-hybridized carbons (Fsp3) is 0.692. The number of aliphatic hydroxyl groups excluding tert-OH is 2. The summed E-state index contributed by atoms with van der Waals surface area (Å²) in [4.78, 5) is 50.1. The van der Waals surface area contributed by atoms with E-state index in [-0.39, 0.29) is 6.42 Å². The summed E-state index contributed by atoms with van der Waals surface area (Å²) in [6.07, 6.45) is -2.80. The van der Waals surface area contributed by atoms with Crippen LogP contribution >= 0.6 is 0 Å². The minimum Gasteiger partial charge on any atom is -0.468 e. The molecule has 0 radical (unpaired) electrons. The molecule has 0 spiro atoms. The van der Waals surface area contributed by atoms with Crippen molar-refractivity contribution in [1.29, 1.82) is 0 Å². The highest BCUT2D eigenvalue weighted by Gasteiger charge is 2.80. The number of esters is 3. The summed E-state index contributed by atoms with van der Waals surface area (Å²) in [6, 6.07) is 1.76. The predicted octanol–water partition coefficient (Wildman–Crippen LogP) is 0.590. The van der Waals surface area contributed by atoms with E-state index in [2.05, 4.69) is 0 Å². The maximum Gasteiger partial charge on any atom is 0.303 e. The van der Waals surface area contributed by atoms with Gasteiger partial charge in [0.05, 0.1) is 23.2 Å². The topological polar surface area (TPSA) is 170 Å². The third kappa shape index (κ3) is 3.58. The second kappa shape index (κ2) is 8.92. The highest BCUT2D eigenvalue weighted by atomic mass is 16.6. The Balaban J connectivity index is 2.02. The maximum absolute atomic E-state index is 14.3. The molecule has 1 aromatic heterocycles. The first-order chi connectivity index (χ1) is 17.2. The van der Waals surface area contributed by atoms with E-state index in [0.29, 0.717) is 18.6 Å². The molecule has 3 N–H and O–H groups in total. The van der Waals surface area contributed by atoms with Crippen molar-refractivity contribution in [3.05, 3.63) is 23.7 Å². The van der Waals surface area contributed by atoms with Gasteiger partial charge < -0.3 is 33.9 Å². The number of fused-ring (bicyclic) bond motifs is 5. The highest BCUT2D eigenvalue weighted by Crippen LogP contribution is 2.69. The van der Waals surface area contributed by atoms with E-state index >= 15 is 0 Å². The van der Waals surface area contributed by atoms with Gasteiger partial charge >= 0.3 is 17.9 Å². The number of hydrogen-bond donors (Lipinski definition) is 3. The molecule has 11 heteroatoms. The molecule has 2 saturated carbocycles. The fourth-order valence-corrected chi connectivity index (χ4v) is 7.40. The van der Waals surface area contributed by atoms with E-state index in [1.54, 1.807) is 19.9 Å². The second-order valence-corrected chi connectivity index (χ2v) is 11.0. The molecule has 1 aromatic rings. The zero-order valence-electron chi connectivity index (χ0n) is 21.6. The summed E-state index contributed by atoms with van der Waals surface area (Å²) in [5.41, 5.74) is -6.26. The Morgan fingerprint density at radius 3 is 2.27 bits per heavy atom. The van der Waals surface area contributed by atoms with E-state index in [1.807, 2.05) is 0 Å². The molecule has 0 aliphatic heterocycles. The van der Waals surface area contributed by atoms with E-state index < -0.39 is 83.0 Å². The number of rotatable bonds is 5. The Kier molecular flexibility index (Phi) is 6.58. The molecule has 11 nitrogen and oxygen atoms in total. The van der Waals surface area contributed by atoms with Gasteiger partial charge in [-0.05, 0) is 36.8 Å². The van der Waals surface area contributed by atoms with Crippen LogP contribution in [0.4, 0.5) is 0 Å². The lowest BCUT2D eigenvalue weighted by Crippen LogP contribution is -2.83. The fourth-order valence-electron chi connectivity index (χ4n) is 7.40. The summed E-state index contributed by atoms with van der Waals surface area (Å²) >= 11 is 0. The van der Waals surface area contributed by atoms with Crippen molar-refractivity contribution >= 4 is 23.7 Å². The molecule has 0 bridgehead atoms. The lowest BCUT2D eigenvalue weighted by molar-refractivity contribution is -0.320. The number of Topliss-reactive ketones (excluding diaryl/α,β-unsaturated/α-hetero) is 1. The van der Waals surface area contributed by atoms with Gasteiger partial charge in [0, 0.05) is 33.1 Å². The zero-order chi connectivity index (χ0) is 27.6. The van der Waals surface area contributed by atoms with Crippen LogP contribution in [0.2, 0.25) is 0 Å². The molecule has 8 atom stereocenters. The molecule has 4 rings (SSSR count). The van der Waals surface area contributed by atoms with Crippen LogP contribution in [0.1, 0.15) is 58.8 Å². The van der Waals surface area contributed by atoms with Crippen LogP contribution in [0.25, 0.3) is 0 Å². The van der Waals surface area contributed by atoms with Gasteiger partial charge in [-0.1, -0.05) is 6.92 Å². The van der Waals surface area contributed by atoms with Crippen LogP contribution < -0.4 is 0 Å². The molecule has 0 saturated heterocycles. The van der Waals surface area contributed by atoms with Gasteiger partial charge in [-0.3, -0.25) is 19.2 Å². The Labute approximate surface area is 214 Å². The lowest BCUT2D eigenvalue weighted by atomic mass is 9.35. The molecule has 1 heterocycles. The third-order valence-corrected chi connectivity index (χ3v) is 9.22. The summed E-state index contributed by atoms with van der Waals surface area (Å²) in [7, 11) is 0. The van der Waals surface area contributed by atoms with E-state index in [0.717, 1.165) is 26.3 Å². The van der Waals surface area contributed by atoms with E-state index in [4.69, 9.17) is 18.6 Å². The molecule has 37 heavy (non-hydrogen) atoms. The van der Waals surface area contributed by atoms with Gasteiger partial charge in [0.25, 0.3) is 0 Å². The van der Waals surface area contributed by atoms with E-state index in [1.165, 1.54) is 6.26 Å². The minimum atomic E-state index is -2.41. The van der Waals surface area contributed by atoms with Crippen molar-refractivity contribution in [3.8, 4) is 0 Å². The summed E-state index contributed by atoms with van der Waals surface area (Å²) in [5, 5.41) is 35.8. The Morgan fingerprint density at radius 2 is 1.68 bits per heavy atom. The van der Waals surface area contributed by atoms with Crippen LogP contribution in [0.15, 0.2) is 16.7 Å². The van der Waals surface area contributed by atoms with Crippen molar-refractivity contribution in [2.75, 3.05) is 13.2 Å². The smallest absolute Gasteiger partial charge is 0.303 e. The van der Waals surface area contributed by atoms with Crippen molar-refractivity contribution in [2.45, 2.75) is 83.2 Å². The largest absolute Gasteiger partial charge is 0.468 e. The van der Waals surface area contributed by atoms with Crippen LogP contribution in [0.5, 0.6) is 0 Å². The predicted molar refractivity (Wildman–Crippen MR) is 124 cm³/mol. The lowest BCUT2D eigenvalue weighted by Gasteiger charge is -2.69. The molecule has 3 aliphatic rings. The van der Waals surface area contributed by atoms with Crippen molar-refractivity contribution in [1.82, 2.24) is 0 Å². The van der Waals surface area contributed by atoms with Crippen LogP contribution in [-0.2, 0) is 45.2 Å². The van der Waals surface area contributed by atoms with Crippen LogP contribution in [-0.4, -0.2) is 76.1 Å². The number of ketones is 1. The number of aliphatic hydroxyl groups is 3. The number of ether oxygens (including phenoxy) is 3. The maximum atomic E-state index is 14.3. The van der Waals surface area contributed by atoms with Crippen molar-refractivity contribution < 1.29 is 53.1 Å². The Morgan fingerprint density at radius 1 is 1.05 bits per heavy atom. The molecule has 3 aliphatic carbocycles. The Hall–Kier alpha value is -2.76. The van der Waals surface area contributed by atoms with Gasteiger partial charge in [0.15, 0.2) is 5.78 Å². The first-order valence-electron chi connectivity index (χ1n) is 12.3. The molecule has 2 fully saturated rings. The number of carbonyl (C=O) groups excluding carboxylic acids is 4. The van der Waals surface area contributed by atoms with Crippen molar-refractivity contribution in [2.24, 2.45) is 16.7 Å². The molecular weight excluding hydrogens is 488 g/mol. The number of hydrogen-bond acceptors (Lipinski definition) is 11.